The van der Waals surface area contributed by atoms with E-state index in [1.54, 1.807) is 0 Å². The van der Waals surface area contributed by atoms with Gasteiger partial charge in [0, 0.05) is 29.4 Å². The van der Waals surface area contributed by atoms with E-state index < -0.39 is 0 Å². The standard InChI is InChI=1S/C33H26N4/c1-33-18-7-6-13-28(33)26-11-3-5-15-30(26)37(33)31-17-16-22(19-34)27(20-35)32(31)36-21-23-9-8-12-24(23)25-10-2-4-14-29(25)36/h2-5,7-8,10-12,14-18,28H,6,9,13,21H2,1H3. The molecule has 0 N–H and O–H groups in total. The highest BCUT2D eigenvalue weighted by molar-refractivity contribution is 5.97. The van der Waals surface area contributed by atoms with E-state index in [1.165, 1.54) is 28.0 Å². The largest absolute Gasteiger partial charge is 0.334 e. The van der Waals surface area contributed by atoms with Crippen molar-refractivity contribution in [2.45, 2.75) is 37.6 Å². The molecule has 0 saturated carbocycles. The van der Waals surface area contributed by atoms with Crippen LogP contribution in [0.1, 0.15) is 54.4 Å². The minimum absolute atomic E-state index is 0.258. The minimum Gasteiger partial charge on any atom is -0.334 e. The van der Waals surface area contributed by atoms with E-state index in [0.717, 1.165) is 36.3 Å². The maximum Gasteiger partial charge on any atom is 0.103 e. The number of nitrogens with zero attached hydrogens (tertiary/aromatic N) is 4. The highest BCUT2D eigenvalue weighted by atomic mass is 15.3. The quantitative estimate of drug-likeness (QED) is 0.355. The molecule has 0 saturated heterocycles. The fourth-order valence-electron chi connectivity index (χ4n) is 6.96. The fraction of sp³-hybridized carbons (Fsp3) is 0.212. The number of hydrogen-bond donors (Lipinski definition) is 0. The summed E-state index contributed by atoms with van der Waals surface area (Å²) in [6, 6.07) is 25.7. The van der Waals surface area contributed by atoms with Crippen LogP contribution < -0.4 is 9.80 Å². The summed E-state index contributed by atoms with van der Waals surface area (Å²) in [5.41, 5.74) is 9.82. The van der Waals surface area contributed by atoms with Gasteiger partial charge in [0.15, 0.2) is 0 Å². The van der Waals surface area contributed by atoms with E-state index in [-0.39, 0.29) is 5.54 Å². The van der Waals surface area contributed by atoms with Gasteiger partial charge in [0.25, 0.3) is 0 Å². The maximum atomic E-state index is 10.5. The van der Waals surface area contributed by atoms with Crippen molar-refractivity contribution < 1.29 is 0 Å². The number of hydrogen-bond acceptors (Lipinski definition) is 4. The van der Waals surface area contributed by atoms with Gasteiger partial charge in [0.05, 0.1) is 28.0 Å². The Kier molecular flexibility index (Phi) is 4.69. The van der Waals surface area contributed by atoms with Gasteiger partial charge in [0.1, 0.15) is 12.1 Å². The first kappa shape index (κ1) is 21.7. The number of para-hydroxylation sites is 2. The average molecular weight is 479 g/mol. The van der Waals surface area contributed by atoms with Gasteiger partial charge in [-0.3, -0.25) is 0 Å². The number of nitriles is 2. The van der Waals surface area contributed by atoms with Crippen molar-refractivity contribution >= 4 is 28.3 Å². The van der Waals surface area contributed by atoms with Crippen molar-refractivity contribution in [2.24, 2.45) is 0 Å². The second-order valence-electron chi connectivity index (χ2n) is 10.5. The predicted molar refractivity (Wildman–Crippen MR) is 148 cm³/mol. The van der Waals surface area contributed by atoms with Crippen LogP contribution in [0.3, 0.4) is 0 Å². The average Bonchev–Trinajstić information content (AvgIpc) is 3.52. The van der Waals surface area contributed by atoms with Crippen molar-refractivity contribution in [1.29, 1.82) is 10.5 Å². The summed E-state index contributed by atoms with van der Waals surface area (Å²) < 4.78 is 0. The number of rotatable bonds is 2. The summed E-state index contributed by atoms with van der Waals surface area (Å²) in [5, 5.41) is 20.5. The molecule has 0 spiro atoms. The van der Waals surface area contributed by atoms with Crippen LogP contribution in [0.25, 0.3) is 5.57 Å². The van der Waals surface area contributed by atoms with Crippen LogP contribution in [-0.4, -0.2) is 12.1 Å². The van der Waals surface area contributed by atoms with E-state index >= 15 is 0 Å². The molecule has 3 aromatic rings. The number of benzene rings is 3. The normalized spacial score (nSPS) is 22.7. The van der Waals surface area contributed by atoms with Gasteiger partial charge in [-0.15, -0.1) is 0 Å². The van der Waals surface area contributed by atoms with Crippen molar-refractivity contribution in [1.82, 2.24) is 0 Å². The summed E-state index contributed by atoms with van der Waals surface area (Å²) in [6.07, 6.45) is 12.1. The zero-order chi connectivity index (χ0) is 25.1. The maximum absolute atomic E-state index is 10.5. The number of fused-ring (bicyclic) bond motifs is 5. The molecule has 3 aromatic carbocycles. The van der Waals surface area contributed by atoms with Crippen LogP contribution in [0, 0.1) is 22.7 Å². The molecule has 4 heteroatoms. The van der Waals surface area contributed by atoms with Crippen molar-refractivity contribution in [3.05, 3.63) is 113 Å². The Bertz CT molecular complexity index is 1640. The van der Waals surface area contributed by atoms with E-state index in [0.29, 0.717) is 23.6 Å². The molecule has 2 unspecified atom stereocenters. The lowest BCUT2D eigenvalue weighted by Crippen LogP contribution is -2.43. The molecule has 2 aliphatic heterocycles. The number of allylic oxidation sites excluding steroid dienone is 4. The monoisotopic (exact) mass is 478 g/mol. The third-order valence-electron chi connectivity index (χ3n) is 8.58. The van der Waals surface area contributed by atoms with E-state index in [4.69, 9.17) is 0 Å². The lowest BCUT2D eigenvalue weighted by molar-refractivity contribution is 0.441. The molecule has 0 bridgehead atoms. The zero-order valence-corrected chi connectivity index (χ0v) is 20.8. The summed E-state index contributed by atoms with van der Waals surface area (Å²) in [4.78, 5) is 4.71. The first-order valence-corrected chi connectivity index (χ1v) is 13.0. The molecule has 0 amide bonds. The molecule has 2 aliphatic carbocycles. The molecular formula is C33H26N4. The molecule has 178 valence electrons. The Labute approximate surface area is 217 Å². The smallest absolute Gasteiger partial charge is 0.103 e. The van der Waals surface area contributed by atoms with Crippen LogP contribution in [0.2, 0.25) is 0 Å². The Morgan fingerprint density at radius 3 is 2.54 bits per heavy atom. The van der Waals surface area contributed by atoms with Gasteiger partial charge >= 0.3 is 0 Å². The van der Waals surface area contributed by atoms with Gasteiger partial charge in [-0.2, -0.15) is 10.5 Å². The SMILES string of the molecule is CC12C=CCCC1c1ccccc1N2c1ccc(C#N)c(C#N)c1N1CC2=C(C=CC2)c2ccccc21. The van der Waals surface area contributed by atoms with Gasteiger partial charge in [-0.1, -0.05) is 60.7 Å². The first-order valence-electron chi connectivity index (χ1n) is 13.0. The topological polar surface area (TPSA) is 54.1 Å². The van der Waals surface area contributed by atoms with Crippen LogP contribution in [0.4, 0.5) is 22.7 Å². The van der Waals surface area contributed by atoms with Crippen molar-refractivity contribution in [3.8, 4) is 12.1 Å². The lowest BCUT2D eigenvalue weighted by Gasteiger charge is -2.43. The van der Waals surface area contributed by atoms with Gasteiger partial charge in [-0.25, -0.2) is 0 Å². The Morgan fingerprint density at radius 2 is 1.70 bits per heavy atom. The molecule has 0 aromatic heterocycles. The summed E-state index contributed by atoms with van der Waals surface area (Å²) in [5.74, 6) is 0.365. The Hall–Kier alpha value is -4.54. The molecule has 2 atom stereocenters. The molecular weight excluding hydrogens is 452 g/mol. The summed E-state index contributed by atoms with van der Waals surface area (Å²) in [7, 11) is 0. The summed E-state index contributed by atoms with van der Waals surface area (Å²) in [6.45, 7) is 3.01. The molecule has 4 nitrogen and oxygen atoms in total. The van der Waals surface area contributed by atoms with E-state index in [2.05, 4.69) is 108 Å². The highest BCUT2D eigenvalue weighted by Crippen LogP contribution is 2.58. The Balaban J connectivity index is 1.52. The molecule has 0 radical (unpaired) electrons. The molecule has 37 heavy (non-hydrogen) atoms. The van der Waals surface area contributed by atoms with E-state index in [9.17, 15) is 10.5 Å². The lowest BCUT2D eigenvalue weighted by atomic mass is 9.77. The minimum atomic E-state index is -0.258. The van der Waals surface area contributed by atoms with Crippen LogP contribution >= 0.6 is 0 Å². The van der Waals surface area contributed by atoms with Crippen LogP contribution in [0.5, 0.6) is 0 Å². The molecule has 4 aliphatic rings. The number of anilines is 4. The fourth-order valence-corrected chi connectivity index (χ4v) is 6.96. The molecule has 2 heterocycles. The van der Waals surface area contributed by atoms with Gasteiger partial charge in [0.2, 0.25) is 0 Å². The van der Waals surface area contributed by atoms with E-state index in [1.807, 2.05) is 6.07 Å². The van der Waals surface area contributed by atoms with Crippen molar-refractivity contribution in [2.75, 3.05) is 16.3 Å². The first-order chi connectivity index (χ1) is 18.2. The third kappa shape index (κ3) is 2.93. The van der Waals surface area contributed by atoms with Crippen LogP contribution in [-0.2, 0) is 0 Å². The molecule has 0 fully saturated rings. The second-order valence-corrected chi connectivity index (χ2v) is 10.5. The third-order valence-corrected chi connectivity index (χ3v) is 8.58. The zero-order valence-electron chi connectivity index (χ0n) is 20.8. The van der Waals surface area contributed by atoms with Crippen LogP contribution in [0.15, 0.2) is 90.5 Å². The van der Waals surface area contributed by atoms with Gasteiger partial charge in [-0.05, 0) is 67.2 Å². The van der Waals surface area contributed by atoms with Gasteiger partial charge < -0.3 is 9.80 Å². The Morgan fingerprint density at radius 1 is 0.892 bits per heavy atom. The summed E-state index contributed by atoms with van der Waals surface area (Å²) >= 11 is 0. The molecule has 7 rings (SSSR count). The van der Waals surface area contributed by atoms with Crippen molar-refractivity contribution in [3.63, 3.8) is 0 Å². The second kappa shape index (κ2) is 7.99. The predicted octanol–water partition coefficient (Wildman–Crippen LogP) is 7.64. The highest BCUT2D eigenvalue weighted by Gasteiger charge is 2.49.